The molecule has 6 heteroatoms. The van der Waals surface area contributed by atoms with E-state index in [1.54, 1.807) is 7.11 Å². The number of carbonyl (C=O) groups is 1. The minimum Gasteiger partial charge on any atom is -0.496 e. The lowest BCUT2D eigenvalue weighted by molar-refractivity contribution is -0.120. The second-order valence-corrected chi connectivity index (χ2v) is 6.71. The van der Waals surface area contributed by atoms with Gasteiger partial charge in [0.1, 0.15) is 10.8 Å². The Bertz CT molecular complexity index is 879. The van der Waals surface area contributed by atoms with Crippen molar-refractivity contribution in [1.29, 1.82) is 0 Å². The van der Waals surface area contributed by atoms with Crippen LogP contribution in [0, 0.1) is 0 Å². The van der Waals surface area contributed by atoms with Crippen LogP contribution in [0.15, 0.2) is 53.9 Å². The van der Waals surface area contributed by atoms with E-state index in [1.165, 1.54) is 11.3 Å². The van der Waals surface area contributed by atoms with Gasteiger partial charge in [-0.1, -0.05) is 41.9 Å². The number of thiazole rings is 1. The zero-order valence-electron chi connectivity index (χ0n) is 13.7. The zero-order chi connectivity index (χ0) is 17.6. The fraction of sp³-hybridized carbons (Fsp3) is 0.158. The number of amides is 1. The first-order chi connectivity index (χ1) is 12.2. The van der Waals surface area contributed by atoms with Gasteiger partial charge in [-0.2, -0.15) is 0 Å². The highest BCUT2D eigenvalue weighted by Crippen LogP contribution is 2.26. The van der Waals surface area contributed by atoms with Crippen molar-refractivity contribution in [3.8, 4) is 16.3 Å². The van der Waals surface area contributed by atoms with E-state index in [-0.39, 0.29) is 12.3 Å². The molecule has 128 valence electrons. The fourth-order valence-electron chi connectivity index (χ4n) is 2.41. The van der Waals surface area contributed by atoms with E-state index >= 15 is 0 Å². The van der Waals surface area contributed by atoms with Gasteiger partial charge in [-0.15, -0.1) is 11.3 Å². The maximum atomic E-state index is 12.2. The Hall–Kier alpha value is -2.37. The third kappa shape index (κ3) is 4.59. The molecule has 0 aliphatic carbocycles. The number of aromatic nitrogens is 1. The van der Waals surface area contributed by atoms with Gasteiger partial charge >= 0.3 is 0 Å². The Labute approximate surface area is 155 Å². The Morgan fingerprint density at radius 3 is 2.88 bits per heavy atom. The lowest BCUT2D eigenvalue weighted by atomic mass is 10.2. The third-order valence-electron chi connectivity index (χ3n) is 3.63. The second kappa shape index (κ2) is 8.14. The van der Waals surface area contributed by atoms with Crippen molar-refractivity contribution in [2.75, 3.05) is 7.11 Å². The van der Waals surface area contributed by atoms with Crippen molar-refractivity contribution in [1.82, 2.24) is 10.3 Å². The van der Waals surface area contributed by atoms with Crippen LogP contribution in [-0.2, 0) is 17.8 Å². The van der Waals surface area contributed by atoms with E-state index in [9.17, 15) is 4.79 Å². The molecular formula is C19H17ClN2O2S. The van der Waals surface area contributed by atoms with Gasteiger partial charge in [0.05, 0.1) is 19.2 Å². The van der Waals surface area contributed by atoms with Gasteiger partial charge in [0.25, 0.3) is 0 Å². The molecule has 25 heavy (non-hydrogen) atoms. The summed E-state index contributed by atoms with van der Waals surface area (Å²) in [6, 6.07) is 15.2. The molecular weight excluding hydrogens is 356 g/mol. The molecule has 0 saturated carbocycles. The summed E-state index contributed by atoms with van der Waals surface area (Å²) >= 11 is 7.52. The topological polar surface area (TPSA) is 51.2 Å². The monoisotopic (exact) mass is 372 g/mol. The Morgan fingerprint density at radius 1 is 1.24 bits per heavy atom. The number of hydrogen-bond acceptors (Lipinski definition) is 4. The maximum absolute atomic E-state index is 12.2. The number of hydrogen-bond donors (Lipinski definition) is 1. The second-order valence-electron chi connectivity index (χ2n) is 5.42. The summed E-state index contributed by atoms with van der Waals surface area (Å²) in [6.07, 6.45) is 0.242. The van der Waals surface area contributed by atoms with Crippen LogP contribution in [0.25, 0.3) is 10.6 Å². The molecule has 2 aromatic carbocycles. The zero-order valence-corrected chi connectivity index (χ0v) is 15.2. The molecule has 1 amide bonds. The number of nitrogens with zero attached hydrogens (tertiary/aromatic N) is 1. The van der Waals surface area contributed by atoms with Gasteiger partial charge in [0, 0.05) is 28.1 Å². The Kier molecular flexibility index (Phi) is 5.68. The molecule has 0 unspecified atom stereocenters. The van der Waals surface area contributed by atoms with Crippen LogP contribution in [-0.4, -0.2) is 18.0 Å². The number of rotatable bonds is 6. The highest BCUT2D eigenvalue weighted by atomic mass is 35.5. The van der Waals surface area contributed by atoms with E-state index < -0.39 is 0 Å². The molecule has 1 N–H and O–H groups in total. The van der Waals surface area contributed by atoms with E-state index in [0.717, 1.165) is 27.6 Å². The molecule has 0 aliphatic heterocycles. The highest BCUT2D eigenvalue weighted by Gasteiger charge is 2.10. The first-order valence-electron chi connectivity index (χ1n) is 7.74. The maximum Gasteiger partial charge on any atom is 0.226 e. The van der Waals surface area contributed by atoms with Gasteiger partial charge in [-0.3, -0.25) is 4.79 Å². The highest BCUT2D eigenvalue weighted by molar-refractivity contribution is 7.13. The molecule has 0 saturated heterocycles. The first kappa shape index (κ1) is 17.5. The molecule has 3 rings (SSSR count). The molecule has 4 nitrogen and oxygen atoms in total. The summed E-state index contributed by atoms with van der Waals surface area (Å²) in [4.78, 5) is 16.7. The van der Waals surface area contributed by atoms with Crippen LogP contribution in [0.2, 0.25) is 5.02 Å². The van der Waals surface area contributed by atoms with Crippen LogP contribution in [0.4, 0.5) is 0 Å². The van der Waals surface area contributed by atoms with Crippen LogP contribution in [0.1, 0.15) is 11.3 Å². The summed E-state index contributed by atoms with van der Waals surface area (Å²) < 4.78 is 5.29. The van der Waals surface area contributed by atoms with Crippen LogP contribution in [0.3, 0.4) is 0 Å². The minimum absolute atomic E-state index is 0.0751. The number of methoxy groups -OCH3 is 1. The smallest absolute Gasteiger partial charge is 0.226 e. The molecule has 3 aromatic rings. The summed E-state index contributed by atoms with van der Waals surface area (Å²) in [7, 11) is 1.62. The van der Waals surface area contributed by atoms with Gasteiger partial charge in [0.15, 0.2) is 0 Å². The minimum atomic E-state index is -0.0751. The van der Waals surface area contributed by atoms with E-state index in [2.05, 4.69) is 10.3 Å². The van der Waals surface area contributed by atoms with E-state index in [4.69, 9.17) is 16.3 Å². The molecule has 0 spiro atoms. The first-order valence-corrected chi connectivity index (χ1v) is 9.00. The number of ether oxygens (including phenoxy) is 1. The van der Waals surface area contributed by atoms with Crippen molar-refractivity contribution >= 4 is 28.8 Å². The Balaban J connectivity index is 1.60. The number of carbonyl (C=O) groups excluding carboxylic acids is 1. The van der Waals surface area contributed by atoms with E-state index in [1.807, 2.05) is 53.9 Å². The van der Waals surface area contributed by atoms with E-state index in [0.29, 0.717) is 11.6 Å². The summed E-state index contributed by atoms with van der Waals surface area (Å²) in [5.41, 5.74) is 2.65. The number of nitrogens with one attached hydrogen (secondary N) is 1. The molecule has 0 atom stereocenters. The molecule has 1 heterocycles. The summed E-state index contributed by atoms with van der Waals surface area (Å²) in [5, 5.41) is 6.33. The average Bonchev–Trinajstić information content (AvgIpc) is 3.08. The van der Waals surface area contributed by atoms with Crippen LogP contribution >= 0.6 is 22.9 Å². The Morgan fingerprint density at radius 2 is 2.08 bits per heavy atom. The van der Waals surface area contributed by atoms with Crippen LogP contribution in [0.5, 0.6) is 5.75 Å². The number of halogens is 1. The van der Waals surface area contributed by atoms with Crippen molar-refractivity contribution in [3.63, 3.8) is 0 Å². The molecule has 1 aromatic heterocycles. The van der Waals surface area contributed by atoms with Crippen molar-refractivity contribution in [3.05, 3.63) is 70.2 Å². The van der Waals surface area contributed by atoms with Crippen LogP contribution < -0.4 is 10.1 Å². The fourth-order valence-corrected chi connectivity index (χ4v) is 3.42. The average molecular weight is 373 g/mol. The summed E-state index contributed by atoms with van der Waals surface area (Å²) in [5.74, 6) is 0.688. The van der Waals surface area contributed by atoms with Gasteiger partial charge in [0.2, 0.25) is 5.91 Å². The van der Waals surface area contributed by atoms with Crippen molar-refractivity contribution in [2.24, 2.45) is 0 Å². The predicted molar refractivity (Wildman–Crippen MR) is 101 cm³/mol. The lowest BCUT2D eigenvalue weighted by Crippen LogP contribution is -2.24. The van der Waals surface area contributed by atoms with Crippen molar-refractivity contribution < 1.29 is 9.53 Å². The summed E-state index contributed by atoms with van der Waals surface area (Å²) in [6.45, 7) is 0.425. The van der Waals surface area contributed by atoms with Crippen molar-refractivity contribution in [2.45, 2.75) is 13.0 Å². The lowest BCUT2D eigenvalue weighted by Gasteiger charge is -2.09. The predicted octanol–water partition coefficient (Wildman–Crippen LogP) is 4.33. The third-order valence-corrected chi connectivity index (χ3v) is 4.81. The quantitative estimate of drug-likeness (QED) is 0.700. The largest absolute Gasteiger partial charge is 0.496 e. The van der Waals surface area contributed by atoms with Gasteiger partial charge in [-0.25, -0.2) is 4.98 Å². The van der Waals surface area contributed by atoms with Gasteiger partial charge < -0.3 is 10.1 Å². The van der Waals surface area contributed by atoms with Gasteiger partial charge in [-0.05, 0) is 18.2 Å². The molecule has 0 fully saturated rings. The number of para-hydroxylation sites is 1. The molecule has 0 aliphatic rings. The molecule has 0 bridgehead atoms. The standard InChI is InChI=1S/C19H17ClN2O2S/c1-24-17-8-3-2-5-14(17)11-21-18(23)10-16-12-25-19(22-16)13-6-4-7-15(20)9-13/h2-9,12H,10-11H2,1H3,(H,21,23). The SMILES string of the molecule is COc1ccccc1CNC(=O)Cc1csc(-c2cccc(Cl)c2)n1. The normalized spacial score (nSPS) is 10.5. The number of benzene rings is 2. The molecule has 0 radical (unpaired) electrons.